The molecule has 10 nitrogen and oxygen atoms in total. The van der Waals surface area contributed by atoms with Gasteiger partial charge in [0.2, 0.25) is 5.91 Å². The topological polar surface area (TPSA) is 126 Å². The highest BCUT2D eigenvalue weighted by Crippen LogP contribution is 2.25. The van der Waals surface area contributed by atoms with Crippen LogP contribution in [0, 0.1) is 6.92 Å². The maximum atomic E-state index is 13.2. The molecular weight excluding hydrogens is 520 g/mol. The number of halogens is 1. The fourth-order valence-corrected chi connectivity index (χ4v) is 4.55. The van der Waals surface area contributed by atoms with Gasteiger partial charge in [0.25, 0.3) is 11.8 Å². The molecule has 4 amide bonds. The Morgan fingerprint density at radius 3 is 2.59 bits per heavy atom. The maximum Gasteiger partial charge on any atom is 0.407 e. The zero-order valence-corrected chi connectivity index (χ0v) is 22.8. The molecule has 3 rings (SSSR count). The number of alkyl carbamates (subject to hydrolysis) is 1. The molecule has 1 unspecified atom stereocenters. The van der Waals surface area contributed by atoms with Gasteiger partial charge in [0.15, 0.2) is 0 Å². The van der Waals surface area contributed by atoms with Gasteiger partial charge in [-0.2, -0.15) is 0 Å². The first-order valence-corrected chi connectivity index (χ1v) is 12.9. The van der Waals surface area contributed by atoms with Gasteiger partial charge in [0, 0.05) is 24.5 Å². The highest BCUT2D eigenvalue weighted by atomic mass is 35.5. The summed E-state index contributed by atoms with van der Waals surface area (Å²) >= 11 is 7.04. The smallest absolute Gasteiger partial charge is 0.407 e. The number of hydrogen-bond acceptors (Lipinski definition) is 7. The van der Waals surface area contributed by atoms with Gasteiger partial charge in [-0.05, 0) is 70.0 Å². The first-order chi connectivity index (χ1) is 17.4. The number of nitrogens with zero attached hydrogens (tertiary/aromatic N) is 1. The SMILES string of the molecule is Cc1cc(NC(=O)C(CCNC(=O)OC(C)(C)C)NC(=O)c2ccc(Cl)s2)ccc1N1CCOCC1=O. The quantitative estimate of drug-likeness (QED) is 0.460. The van der Waals surface area contributed by atoms with Crippen molar-refractivity contribution >= 4 is 58.1 Å². The van der Waals surface area contributed by atoms with Crippen molar-refractivity contribution in [3.05, 3.63) is 45.1 Å². The second-order valence-electron chi connectivity index (χ2n) is 9.44. The number of hydrogen-bond donors (Lipinski definition) is 3. The summed E-state index contributed by atoms with van der Waals surface area (Å²) in [7, 11) is 0. The number of morpholine rings is 1. The number of carbonyl (C=O) groups excluding carboxylic acids is 4. The Morgan fingerprint density at radius 2 is 1.97 bits per heavy atom. The third-order valence-electron chi connectivity index (χ3n) is 5.26. The van der Waals surface area contributed by atoms with Crippen LogP contribution in [0.4, 0.5) is 16.2 Å². The predicted molar refractivity (Wildman–Crippen MR) is 142 cm³/mol. The van der Waals surface area contributed by atoms with Gasteiger partial charge in [-0.15, -0.1) is 11.3 Å². The van der Waals surface area contributed by atoms with Crippen LogP contribution in [0.15, 0.2) is 30.3 Å². The minimum atomic E-state index is -0.955. The van der Waals surface area contributed by atoms with Crippen LogP contribution in [0.1, 0.15) is 42.4 Å². The van der Waals surface area contributed by atoms with Crippen molar-refractivity contribution in [2.45, 2.75) is 45.8 Å². The Kier molecular flexibility index (Phi) is 9.52. The van der Waals surface area contributed by atoms with Crippen molar-refractivity contribution in [2.24, 2.45) is 0 Å². The van der Waals surface area contributed by atoms with Crippen LogP contribution in [0.2, 0.25) is 4.34 Å². The van der Waals surface area contributed by atoms with Crippen molar-refractivity contribution in [3.63, 3.8) is 0 Å². The molecule has 2 heterocycles. The molecule has 0 saturated carbocycles. The van der Waals surface area contributed by atoms with Crippen molar-refractivity contribution in [3.8, 4) is 0 Å². The van der Waals surface area contributed by atoms with E-state index in [9.17, 15) is 19.2 Å². The highest BCUT2D eigenvalue weighted by Gasteiger charge is 2.25. The van der Waals surface area contributed by atoms with Gasteiger partial charge in [-0.3, -0.25) is 14.4 Å². The summed E-state index contributed by atoms with van der Waals surface area (Å²) in [6, 6.07) is 7.44. The minimum absolute atomic E-state index is 0.0338. The number of benzene rings is 1. The summed E-state index contributed by atoms with van der Waals surface area (Å²) in [4.78, 5) is 52.1. The van der Waals surface area contributed by atoms with Gasteiger partial charge in [0.1, 0.15) is 18.2 Å². The van der Waals surface area contributed by atoms with Crippen molar-refractivity contribution in [1.82, 2.24) is 10.6 Å². The lowest BCUT2D eigenvalue weighted by atomic mass is 10.1. The molecule has 37 heavy (non-hydrogen) atoms. The fraction of sp³-hybridized carbons (Fsp3) is 0.440. The van der Waals surface area contributed by atoms with Gasteiger partial charge in [-0.1, -0.05) is 11.6 Å². The van der Waals surface area contributed by atoms with Gasteiger partial charge in [0.05, 0.1) is 15.8 Å². The van der Waals surface area contributed by atoms with Crippen LogP contribution in [0.3, 0.4) is 0 Å². The van der Waals surface area contributed by atoms with E-state index in [1.165, 1.54) is 0 Å². The summed E-state index contributed by atoms with van der Waals surface area (Å²) in [5.41, 5.74) is 1.38. The molecule has 1 atom stereocenters. The highest BCUT2D eigenvalue weighted by molar-refractivity contribution is 7.18. The third kappa shape index (κ3) is 8.44. The Bertz CT molecular complexity index is 1160. The van der Waals surface area contributed by atoms with Crippen molar-refractivity contribution in [2.75, 3.05) is 36.5 Å². The normalized spacial score (nSPS) is 14.6. The molecule has 0 spiro atoms. The second kappa shape index (κ2) is 12.4. The van der Waals surface area contributed by atoms with Crippen molar-refractivity contribution in [1.29, 1.82) is 0 Å². The molecule has 1 aliphatic heterocycles. The predicted octanol–water partition coefficient (Wildman–Crippen LogP) is 3.73. The molecule has 0 radical (unpaired) electrons. The Labute approximate surface area is 224 Å². The third-order valence-corrected chi connectivity index (χ3v) is 6.49. The number of nitrogens with one attached hydrogen (secondary N) is 3. The average Bonchev–Trinajstić information content (AvgIpc) is 3.24. The summed E-state index contributed by atoms with van der Waals surface area (Å²) < 4.78 is 10.9. The number of anilines is 2. The first-order valence-electron chi connectivity index (χ1n) is 11.8. The molecule has 200 valence electrons. The molecule has 1 fully saturated rings. The Balaban J connectivity index is 1.69. The lowest BCUT2D eigenvalue weighted by Gasteiger charge is -2.28. The molecule has 1 aliphatic rings. The molecule has 0 aliphatic carbocycles. The number of carbonyl (C=O) groups is 4. The molecule has 0 bridgehead atoms. The number of ether oxygens (including phenoxy) is 2. The Hall–Kier alpha value is -3.15. The molecular formula is C25H31ClN4O6S. The molecule has 1 saturated heterocycles. The summed E-state index contributed by atoms with van der Waals surface area (Å²) in [5.74, 6) is -1.04. The van der Waals surface area contributed by atoms with E-state index in [0.717, 1.165) is 22.6 Å². The van der Waals surface area contributed by atoms with Crippen LogP contribution in [0.25, 0.3) is 0 Å². The largest absolute Gasteiger partial charge is 0.444 e. The van der Waals surface area contributed by atoms with E-state index in [0.29, 0.717) is 28.1 Å². The number of aryl methyl sites for hydroxylation is 1. The second-order valence-corrected chi connectivity index (χ2v) is 11.2. The van der Waals surface area contributed by atoms with Gasteiger partial charge >= 0.3 is 6.09 Å². The van der Waals surface area contributed by atoms with Gasteiger partial charge < -0.3 is 30.3 Å². The van der Waals surface area contributed by atoms with E-state index in [-0.39, 0.29) is 25.5 Å². The van der Waals surface area contributed by atoms with Crippen LogP contribution < -0.4 is 20.9 Å². The number of amides is 4. The van der Waals surface area contributed by atoms with Gasteiger partial charge in [-0.25, -0.2) is 4.79 Å². The monoisotopic (exact) mass is 550 g/mol. The van der Waals surface area contributed by atoms with Crippen LogP contribution in [-0.2, 0) is 19.1 Å². The summed E-state index contributed by atoms with van der Waals surface area (Å²) in [5, 5.41) is 8.13. The summed E-state index contributed by atoms with van der Waals surface area (Å²) in [6.45, 7) is 8.13. The Morgan fingerprint density at radius 1 is 1.22 bits per heavy atom. The average molecular weight is 551 g/mol. The zero-order chi connectivity index (χ0) is 27.2. The first kappa shape index (κ1) is 28.4. The van der Waals surface area contributed by atoms with E-state index in [1.807, 2.05) is 6.92 Å². The molecule has 12 heteroatoms. The maximum absolute atomic E-state index is 13.2. The molecule has 1 aromatic heterocycles. The van der Waals surface area contributed by atoms with E-state index >= 15 is 0 Å². The lowest BCUT2D eigenvalue weighted by Crippen LogP contribution is -2.46. The summed E-state index contributed by atoms with van der Waals surface area (Å²) in [6.07, 6.45) is -0.498. The van der Waals surface area contributed by atoms with Crippen LogP contribution >= 0.6 is 22.9 Å². The minimum Gasteiger partial charge on any atom is -0.444 e. The standard InChI is InChI=1S/C25H31ClN4O6S/c1-15-13-16(5-6-18(15)30-11-12-35-14-21(30)31)28-22(32)17(9-10-27-24(34)36-25(2,3)4)29-23(33)19-7-8-20(26)37-19/h5-8,13,17H,9-12,14H2,1-4H3,(H,27,34)(H,28,32)(H,29,33). The number of thiophene rings is 1. The molecule has 3 N–H and O–H groups in total. The van der Waals surface area contributed by atoms with E-state index < -0.39 is 29.6 Å². The van der Waals surface area contributed by atoms with E-state index in [1.54, 1.807) is 56.0 Å². The van der Waals surface area contributed by atoms with E-state index in [4.69, 9.17) is 21.1 Å². The molecule has 2 aromatic rings. The zero-order valence-electron chi connectivity index (χ0n) is 21.2. The van der Waals surface area contributed by atoms with Crippen LogP contribution in [0.5, 0.6) is 0 Å². The van der Waals surface area contributed by atoms with Crippen LogP contribution in [-0.4, -0.2) is 61.8 Å². The van der Waals surface area contributed by atoms with E-state index in [2.05, 4.69) is 16.0 Å². The number of rotatable bonds is 8. The lowest BCUT2D eigenvalue weighted by molar-refractivity contribution is -0.125. The molecule has 1 aromatic carbocycles. The fourth-order valence-electron chi connectivity index (χ4n) is 3.61. The van der Waals surface area contributed by atoms with Crippen molar-refractivity contribution < 1.29 is 28.7 Å².